The predicted molar refractivity (Wildman–Crippen MR) is 105 cm³/mol. The third kappa shape index (κ3) is 5.83. The minimum absolute atomic E-state index is 0.546. The zero-order chi connectivity index (χ0) is 17.2. The van der Waals surface area contributed by atoms with Gasteiger partial charge in [-0.2, -0.15) is 0 Å². The van der Waals surface area contributed by atoms with Gasteiger partial charge in [0, 0.05) is 11.1 Å². The van der Waals surface area contributed by atoms with Gasteiger partial charge in [0.15, 0.2) is 0 Å². The molecule has 25 heavy (non-hydrogen) atoms. The summed E-state index contributed by atoms with van der Waals surface area (Å²) in [7, 11) is -1.97. The standard InChI is InChI=1S/C23H18OSi/c1-4-10-21(11-5-1)16-18-25(19-17-22-12-6-2-7-13-22)24-20-23-14-8-3-9-15-23/h1-15,25H,20H2. The monoisotopic (exact) mass is 338 g/mol. The molecule has 0 bridgehead atoms. The van der Waals surface area contributed by atoms with E-state index >= 15 is 0 Å². The first kappa shape index (κ1) is 16.8. The van der Waals surface area contributed by atoms with Gasteiger partial charge in [-0.3, -0.25) is 0 Å². The van der Waals surface area contributed by atoms with E-state index in [2.05, 4.69) is 35.1 Å². The first-order valence-electron chi connectivity index (χ1n) is 8.19. The molecule has 0 spiro atoms. The fourth-order valence-electron chi connectivity index (χ4n) is 2.21. The summed E-state index contributed by atoms with van der Waals surface area (Å²) in [6.45, 7) is 0.546. The van der Waals surface area contributed by atoms with Crippen molar-refractivity contribution in [2.75, 3.05) is 0 Å². The zero-order valence-corrected chi connectivity index (χ0v) is 15.0. The molecule has 1 nitrogen and oxygen atoms in total. The smallest absolute Gasteiger partial charge is 0.338 e. The van der Waals surface area contributed by atoms with Gasteiger partial charge < -0.3 is 4.43 Å². The molecule has 0 aliphatic carbocycles. The van der Waals surface area contributed by atoms with Crippen LogP contribution in [0.15, 0.2) is 91.0 Å². The summed E-state index contributed by atoms with van der Waals surface area (Å²) in [6.07, 6.45) is 0. The van der Waals surface area contributed by atoms with Crippen LogP contribution in [-0.4, -0.2) is 9.04 Å². The maximum atomic E-state index is 6.06. The molecule has 3 aromatic carbocycles. The Labute approximate surface area is 151 Å². The molecule has 2 heteroatoms. The van der Waals surface area contributed by atoms with Crippen molar-refractivity contribution in [3.8, 4) is 22.9 Å². The van der Waals surface area contributed by atoms with Crippen LogP contribution < -0.4 is 0 Å². The molecule has 0 heterocycles. The second kappa shape index (κ2) is 9.30. The first-order valence-corrected chi connectivity index (χ1v) is 9.81. The second-order valence-corrected chi connectivity index (χ2v) is 7.12. The van der Waals surface area contributed by atoms with Gasteiger partial charge in [-0.25, -0.2) is 0 Å². The lowest BCUT2D eigenvalue weighted by atomic mass is 10.2. The number of rotatable bonds is 3. The van der Waals surface area contributed by atoms with Crippen LogP contribution in [0.4, 0.5) is 0 Å². The van der Waals surface area contributed by atoms with Crippen molar-refractivity contribution in [2.24, 2.45) is 0 Å². The average Bonchev–Trinajstić information content (AvgIpc) is 2.70. The van der Waals surface area contributed by atoms with Crippen molar-refractivity contribution in [2.45, 2.75) is 6.61 Å². The van der Waals surface area contributed by atoms with Crippen LogP contribution in [-0.2, 0) is 11.0 Å². The Morgan fingerprint density at radius 2 is 1.04 bits per heavy atom. The molecule has 3 aromatic rings. The molecule has 0 aliphatic rings. The Morgan fingerprint density at radius 3 is 1.52 bits per heavy atom. The van der Waals surface area contributed by atoms with Gasteiger partial charge >= 0.3 is 9.04 Å². The van der Waals surface area contributed by atoms with Crippen molar-refractivity contribution in [1.82, 2.24) is 0 Å². The Hall–Kier alpha value is -3.04. The lowest BCUT2D eigenvalue weighted by molar-refractivity contribution is 0.323. The van der Waals surface area contributed by atoms with Crippen molar-refractivity contribution in [3.63, 3.8) is 0 Å². The lowest BCUT2D eigenvalue weighted by Crippen LogP contribution is -2.14. The van der Waals surface area contributed by atoms with Gasteiger partial charge in [0.25, 0.3) is 0 Å². The summed E-state index contributed by atoms with van der Waals surface area (Å²) >= 11 is 0. The van der Waals surface area contributed by atoms with E-state index in [1.807, 2.05) is 78.9 Å². The molecule has 0 aliphatic heterocycles. The summed E-state index contributed by atoms with van der Waals surface area (Å²) in [4.78, 5) is 0. The SMILES string of the molecule is C(#C[SiH](C#Cc1ccccc1)OCc1ccccc1)c1ccccc1. The number of hydrogen-bond acceptors (Lipinski definition) is 1. The third-order valence-electron chi connectivity index (χ3n) is 3.50. The molecule has 0 aromatic heterocycles. The van der Waals surface area contributed by atoms with Gasteiger partial charge in [-0.1, -0.05) is 89.7 Å². The molecule has 0 N–H and O–H groups in total. The molecular formula is C23H18OSi. The van der Waals surface area contributed by atoms with E-state index in [4.69, 9.17) is 4.43 Å². The molecule has 0 saturated carbocycles. The van der Waals surface area contributed by atoms with Crippen molar-refractivity contribution in [3.05, 3.63) is 108 Å². The van der Waals surface area contributed by atoms with E-state index < -0.39 is 9.04 Å². The van der Waals surface area contributed by atoms with E-state index in [0.29, 0.717) is 6.61 Å². The summed E-state index contributed by atoms with van der Waals surface area (Å²) in [6, 6.07) is 30.1. The first-order chi connectivity index (χ1) is 12.4. The molecule has 0 saturated heterocycles. The van der Waals surface area contributed by atoms with Crippen LogP contribution in [0.2, 0.25) is 0 Å². The van der Waals surface area contributed by atoms with Gasteiger partial charge in [0.2, 0.25) is 0 Å². The highest BCUT2D eigenvalue weighted by Gasteiger charge is 2.05. The maximum Gasteiger partial charge on any atom is 0.338 e. The highest BCUT2D eigenvalue weighted by atomic mass is 28.3. The van der Waals surface area contributed by atoms with Crippen molar-refractivity contribution in [1.29, 1.82) is 0 Å². The quantitative estimate of drug-likeness (QED) is 0.516. The number of benzene rings is 3. The Balaban J connectivity index is 1.76. The van der Waals surface area contributed by atoms with Gasteiger partial charge in [-0.15, -0.1) is 0 Å². The molecule has 0 fully saturated rings. The molecule has 0 unspecified atom stereocenters. The van der Waals surface area contributed by atoms with Crippen LogP contribution in [0, 0.1) is 22.9 Å². The minimum atomic E-state index is -1.97. The predicted octanol–water partition coefficient (Wildman–Crippen LogP) is 4.11. The minimum Gasteiger partial charge on any atom is -0.394 e. The van der Waals surface area contributed by atoms with E-state index in [9.17, 15) is 0 Å². The fraction of sp³-hybridized carbons (Fsp3) is 0.0435. The molecule has 3 rings (SSSR count). The topological polar surface area (TPSA) is 9.23 Å². The summed E-state index contributed by atoms with van der Waals surface area (Å²) in [5.41, 5.74) is 9.66. The van der Waals surface area contributed by atoms with E-state index in [1.54, 1.807) is 0 Å². The van der Waals surface area contributed by atoms with Gasteiger partial charge in [-0.05, 0) is 29.8 Å². The molecular weight excluding hydrogens is 320 g/mol. The summed E-state index contributed by atoms with van der Waals surface area (Å²) in [5.74, 6) is 6.40. The van der Waals surface area contributed by atoms with Gasteiger partial charge in [0.1, 0.15) is 0 Å². The van der Waals surface area contributed by atoms with Gasteiger partial charge in [0.05, 0.1) is 6.61 Å². The van der Waals surface area contributed by atoms with Crippen LogP contribution >= 0.6 is 0 Å². The Morgan fingerprint density at radius 1 is 0.600 bits per heavy atom. The highest BCUT2D eigenvalue weighted by Crippen LogP contribution is 2.03. The van der Waals surface area contributed by atoms with E-state index in [0.717, 1.165) is 16.7 Å². The van der Waals surface area contributed by atoms with E-state index in [1.165, 1.54) is 0 Å². The molecule has 120 valence electrons. The Bertz CT molecular complexity index is 840. The maximum absolute atomic E-state index is 6.06. The average molecular weight is 338 g/mol. The highest BCUT2D eigenvalue weighted by molar-refractivity contribution is 6.69. The largest absolute Gasteiger partial charge is 0.394 e. The molecule has 0 radical (unpaired) electrons. The summed E-state index contributed by atoms with van der Waals surface area (Å²) in [5, 5.41) is 0. The normalized spacial score (nSPS) is 9.64. The van der Waals surface area contributed by atoms with Crippen LogP contribution in [0.25, 0.3) is 0 Å². The third-order valence-corrected chi connectivity index (χ3v) is 4.82. The summed E-state index contributed by atoms with van der Waals surface area (Å²) < 4.78 is 6.06. The fourth-order valence-corrected chi connectivity index (χ4v) is 3.41. The van der Waals surface area contributed by atoms with Crippen molar-refractivity contribution >= 4 is 9.04 Å². The Kier molecular flexibility index (Phi) is 6.25. The molecule has 0 amide bonds. The van der Waals surface area contributed by atoms with Crippen LogP contribution in [0.3, 0.4) is 0 Å². The second-order valence-electron chi connectivity index (χ2n) is 5.45. The molecule has 0 atom stereocenters. The van der Waals surface area contributed by atoms with Crippen LogP contribution in [0.5, 0.6) is 0 Å². The lowest BCUT2D eigenvalue weighted by Gasteiger charge is -2.05. The van der Waals surface area contributed by atoms with E-state index in [-0.39, 0.29) is 0 Å². The van der Waals surface area contributed by atoms with Crippen LogP contribution in [0.1, 0.15) is 16.7 Å². The zero-order valence-electron chi connectivity index (χ0n) is 13.9. The van der Waals surface area contributed by atoms with Crippen molar-refractivity contribution < 1.29 is 4.43 Å². The number of hydrogen-bond donors (Lipinski definition) is 0.